The second-order valence-electron chi connectivity index (χ2n) is 3.00. The van der Waals surface area contributed by atoms with Gasteiger partial charge in [-0.3, -0.25) is 0 Å². The van der Waals surface area contributed by atoms with Gasteiger partial charge in [0.1, 0.15) is 10.8 Å². The summed E-state index contributed by atoms with van der Waals surface area (Å²) in [6, 6.07) is 4.99. The molecule has 0 atom stereocenters. The van der Waals surface area contributed by atoms with E-state index in [-0.39, 0.29) is 12.4 Å². The van der Waals surface area contributed by atoms with Crippen molar-refractivity contribution >= 4 is 42.9 Å². The van der Waals surface area contributed by atoms with E-state index in [2.05, 4.69) is 0 Å². The molecule has 1 aromatic rings. The molecule has 90 valence electrons. The molecule has 0 aliphatic carbocycles. The van der Waals surface area contributed by atoms with Crippen molar-refractivity contribution in [3.63, 3.8) is 0 Å². The minimum absolute atomic E-state index is 0.132. The quantitative estimate of drug-likeness (QED) is 0.619. The average molecular weight is 304 g/mol. The van der Waals surface area contributed by atoms with E-state index in [0.717, 1.165) is 0 Å². The van der Waals surface area contributed by atoms with E-state index < -0.39 is 9.05 Å². The van der Waals surface area contributed by atoms with Gasteiger partial charge in [0.2, 0.25) is 9.05 Å². The van der Waals surface area contributed by atoms with Crippen LogP contribution in [0.25, 0.3) is 0 Å². The van der Waals surface area contributed by atoms with E-state index in [1.807, 2.05) is 0 Å². The van der Waals surface area contributed by atoms with Crippen LogP contribution in [-0.4, -0.2) is 20.8 Å². The van der Waals surface area contributed by atoms with Gasteiger partial charge in [-0.1, -0.05) is 29.3 Å². The highest BCUT2D eigenvalue weighted by Crippen LogP contribution is 2.31. The predicted molar refractivity (Wildman–Crippen MR) is 66.2 cm³/mol. The van der Waals surface area contributed by atoms with Crippen molar-refractivity contribution in [1.29, 1.82) is 0 Å². The molecule has 0 saturated heterocycles. The van der Waals surface area contributed by atoms with Crippen molar-refractivity contribution in [3.05, 3.63) is 28.2 Å². The molecule has 0 saturated carbocycles. The lowest BCUT2D eigenvalue weighted by Crippen LogP contribution is -2.05. The Morgan fingerprint density at radius 3 is 2.56 bits per heavy atom. The fraction of sp³-hybridized carbons (Fsp3) is 0.333. The van der Waals surface area contributed by atoms with Crippen LogP contribution in [0.15, 0.2) is 18.2 Å². The first kappa shape index (κ1) is 13.9. The van der Waals surface area contributed by atoms with Gasteiger partial charge in [-0.2, -0.15) is 0 Å². The molecule has 0 radical (unpaired) electrons. The maximum Gasteiger partial charge on any atom is 0.232 e. The summed E-state index contributed by atoms with van der Waals surface area (Å²) < 4.78 is 26.5. The first-order chi connectivity index (χ1) is 7.40. The van der Waals surface area contributed by atoms with Gasteiger partial charge in [-0.05, 0) is 18.6 Å². The van der Waals surface area contributed by atoms with Gasteiger partial charge >= 0.3 is 0 Å². The van der Waals surface area contributed by atoms with Crippen molar-refractivity contribution in [1.82, 2.24) is 0 Å². The highest BCUT2D eigenvalue weighted by molar-refractivity contribution is 8.13. The second-order valence-corrected chi connectivity index (χ2v) is 6.68. The standard InChI is InChI=1S/C9H9Cl3O3S/c10-7-3-1-4-8(9(7)11)15-5-2-6-16(12,13)14/h1,3-4H,2,5-6H2. The number of hydrogen-bond acceptors (Lipinski definition) is 3. The summed E-state index contributed by atoms with van der Waals surface area (Å²) in [6.45, 7) is 0.214. The largest absolute Gasteiger partial charge is 0.492 e. The van der Waals surface area contributed by atoms with Gasteiger partial charge in [-0.15, -0.1) is 0 Å². The number of hydrogen-bond donors (Lipinski definition) is 0. The van der Waals surface area contributed by atoms with E-state index in [9.17, 15) is 8.42 Å². The van der Waals surface area contributed by atoms with E-state index in [1.165, 1.54) is 0 Å². The Morgan fingerprint density at radius 2 is 1.94 bits per heavy atom. The van der Waals surface area contributed by atoms with E-state index in [1.54, 1.807) is 18.2 Å². The third-order valence-corrected chi connectivity index (χ3v) is 3.75. The topological polar surface area (TPSA) is 43.4 Å². The van der Waals surface area contributed by atoms with Crippen molar-refractivity contribution in [2.24, 2.45) is 0 Å². The molecule has 16 heavy (non-hydrogen) atoms. The van der Waals surface area contributed by atoms with E-state index >= 15 is 0 Å². The van der Waals surface area contributed by atoms with Crippen LogP contribution in [0.3, 0.4) is 0 Å². The third kappa shape index (κ3) is 4.78. The third-order valence-electron chi connectivity index (χ3n) is 1.71. The molecule has 0 amide bonds. The predicted octanol–water partition coefficient (Wildman–Crippen LogP) is 3.33. The van der Waals surface area contributed by atoms with Gasteiger partial charge < -0.3 is 4.74 Å². The number of halogens is 3. The fourth-order valence-electron chi connectivity index (χ4n) is 1.01. The van der Waals surface area contributed by atoms with E-state index in [4.69, 9.17) is 38.6 Å². The van der Waals surface area contributed by atoms with Crippen LogP contribution in [0.1, 0.15) is 6.42 Å². The zero-order valence-corrected chi connectivity index (χ0v) is 11.2. The van der Waals surface area contributed by atoms with Crippen molar-refractivity contribution < 1.29 is 13.2 Å². The van der Waals surface area contributed by atoms with Crippen molar-refractivity contribution in [2.45, 2.75) is 6.42 Å². The first-order valence-electron chi connectivity index (χ1n) is 4.39. The maximum absolute atomic E-state index is 10.6. The maximum atomic E-state index is 10.6. The summed E-state index contributed by atoms with van der Waals surface area (Å²) >= 11 is 11.6. The van der Waals surface area contributed by atoms with Crippen LogP contribution < -0.4 is 4.74 Å². The lowest BCUT2D eigenvalue weighted by molar-refractivity contribution is 0.318. The minimum atomic E-state index is -3.46. The van der Waals surface area contributed by atoms with Crippen LogP contribution in [0, 0.1) is 0 Å². The van der Waals surface area contributed by atoms with Crippen LogP contribution in [0.4, 0.5) is 0 Å². The molecular formula is C9H9Cl3O3S. The van der Waals surface area contributed by atoms with Gasteiger partial charge in [0.05, 0.1) is 17.4 Å². The SMILES string of the molecule is O=S(=O)(Cl)CCCOc1cccc(Cl)c1Cl. The summed E-state index contributed by atoms with van der Waals surface area (Å²) in [5.41, 5.74) is 0. The number of ether oxygens (including phenoxy) is 1. The molecule has 0 unspecified atom stereocenters. The van der Waals surface area contributed by atoms with Crippen LogP contribution in [0.2, 0.25) is 10.0 Å². The Labute approximate surface area is 109 Å². The van der Waals surface area contributed by atoms with Crippen molar-refractivity contribution in [3.8, 4) is 5.75 Å². The normalized spacial score (nSPS) is 11.4. The molecule has 0 aliphatic rings. The smallest absolute Gasteiger partial charge is 0.232 e. The lowest BCUT2D eigenvalue weighted by atomic mass is 10.3. The molecular weight excluding hydrogens is 295 g/mol. The summed E-state index contributed by atoms with van der Waals surface area (Å²) in [6.07, 6.45) is 0.300. The van der Waals surface area contributed by atoms with Crippen molar-refractivity contribution in [2.75, 3.05) is 12.4 Å². The molecule has 7 heteroatoms. The van der Waals surface area contributed by atoms with Crippen LogP contribution in [-0.2, 0) is 9.05 Å². The molecule has 0 fully saturated rings. The Kier molecular flexibility index (Phi) is 5.18. The molecule has 0 aromatic heterocycles. The Balaban J connectivity index is 2.47. The van der Waals surface area contributed by atoms with Gasteiger partial charge in [0.25, 0.3) is 0 Å². The summed E-state index contributed by atoms with van der Waals surface area (Å²) in [4.78, 5) is 0. The first-order valence-corrected chi connectivity index (χ1v) is 7.63. The summed E-state index contributed by atoms with van der Waals surface area (Å²) in [5.74, 6) is 0.299. The Morgan fingerprint density at radius 1 is 1.25 bits per heavy atom. The molecule has 3 nitrogen and oxygen atoms in total. The number of benzene rings is 1. The zero-order chi connectivity index (χ0) is 12.2. The van der Waals surface area contributed by atoms with Gasteiger partial charge in [-0.25, -0.2) is 8.42 Å². The second kappa shape index (κ2) is 5.96. The Bertz CT molecular complexity index is 459. The van der Waals surface area contributed by atoms with E-state index in [0.29, 0.717) is 22.2 Å². The number of rotatable bonds is 5. The monoisotopic (exact) mass is 302 g/mol. The minimum Gasteiger partial charge on any atom is -0.492 e. The molecule has 0 N–H and O–H groups in total. The van der Waals surface area contributed by atoms with Gasteiger partial charge in [0, 0.05) is 10.7 Å². The average Bonchev–Trinajstić information content (AvgIpc) is 2.17. The van der Waals surface area contributed by atoms with Crippen LogP contribution in [0.5, 0.6) is 5.75 Å². The van der Waals surface area contributed by atoms with Gasteiger partial charge in [0.15, 0.2) is 0 Å². The lowest BCUT2D eigenvalue weighted by Gasteiger charge is -2.07. The summed E-state index contributed by atoms with van der Waals surface area (Å²) in [7, 11) is 1.58. The summed E-state index contributed by atoms with van der Waals surface area (Å²) in [5, 5.41) is 0.710. The fourth-order valence-corrected chi connectivity index (χ4v) is 2.15. The molecule has 1 aromatic carbocycles. The molecule has 0 spiro atoms. The molecule has 0 aliphatic heterocycles. The van der Waals surface area contributed by atoms with Crippen LogP contribution >= 0.6 is 33.9 Å². The highest BCUT2D eigenvalue weighted by Gasteiger charge is 2.07. The zero-order valence-electron chi connectivity index (χ0n) is 8.12. The molecule has 0 heterocycles. The highest BCUT2D eigenvalue weighted by atomic mass is 35.7. The molecule has 1 rings (SSSR count). The Hall–Kier alpha value is -0.160. The molecule has 0 bridgehead atoms.